The van der Waals surface area contributed by atoms with Gasteiger partial charge in [0, 0.05) is 13.0 Å². The van der Waals surface area contributed by atoms with Crippen LogP contribution in [0, 0.1) is 5.92 Å². The maximum Gasteiger partial charge on any atom is 0.306 e. The third kappa shape index (κ3) is 2.26. The van der Waals surface area contributed by atoms with Crippen LogP contribution in [0.3, 0.4) is 0 Å². The van der Waals surface area contributed by atoms with Crippen LogP contribution in [0.15, 0.2) is 12.1 Å². The summed E-state index contributed by atoms with van der Waals surface area (Å²) in [7, 11) is 0. The molecule has 1 aliphatic heterocycles. The van der Waals surface area contributed by atoms with E-state index in [9.17, 15) is 4.79 Å². The van der Waals surface area contributed by atoms with Gasteiger partial charge in [-0.15, -0.1) is 11.3 Å². The summed E-state index contributed by atoms with van der Waals surface area (Å²) < 4.78 is 2.70. The molecule has 100 valence electrons. The van der Waals surface area contributed by atoms with Crippen LogP contribution in [-0.2, 0) is 17.8 Å². The van der Waals surface area contributed by atoms with Crippen molar-refractivity contribution in [3.05, 3.63) is 27.3 Å². The molecule has 0 amide bonds. The van der Waals surface area contributed by atoms with Gasteiger partial charge in [0.05, 0.1) is 20.8 Å². The molecule has 4 nitrogen and oxygen atoms in total. The molecule has 1 aliphatic rings. The van der Waals surface area contributed by atoms with Crippen molar-refractivity contribution in [2.45, 2.75) is 19.4 Å². The van der Waals surface area contributed by atoms with Crippen LogP contribution in [0.5, 0.6) is 0 Å². The molecule has 7 heteroatoms. The molecule has 2 aromatic rings. The van der Waals surface area contributed by atoms with Crippen molar-refractivity contribution in [3.63, 3.8) is 0 Å². The first-order chi connectivity index (χ1) is 9.06. The quantitative estimate of drug-likeness (QED) is 0.921. The van der Waals surface area contributed by atoms with E-state index in [0.29, 0.717) is 28.9 Å². The van der Waals surface area contributed by atoms with E-state index in [0.717, 1.165) is 16.4 Å². The molecule has 0 radical (unpaired) electrons. The van der Waals surface area contributed by atoms with Crippen molar-refractivity contribution in [2.75, 3.05) is 0 Å². The molecule has 1 N–H and O–H groups in total. The number of hydrogen-bond donors (Lipinski definition) is 1. The Bertz CT molecular complexity index is 650. The number of carboxylic acid groups (broad SMARTS) is 1. The summed E-state index contributed by atoms with van der Waals surface area (Å²) in [4.78, 5) is 16.4. The second-order valence-electron chi connectivity index (χ2n) is 4.46. The van der Waals surface area contributed by atoms with E-state index in [1.807, 2.05) is 16.7 Å². The van der Waals surface area contributed by atoms with Crippen LogP contribution in [0.1, 0.15) is 12.1 Å². The zero-order valence-corrected chi connectivity index (χ0v) is 12.1. The van der Waals surface area contributed by atoms with Gasteiger partial charge in [0.25, 0.3) is 0 Å². The maximum absolute atomic E-state index is 11.1. The highest BCUT2D eigenvalue weighted by atomic mass is 35.5. The van der Waals surface area contributed by atoms with E-state index in [2.05, 4.69) is 4.98 Å². The van der Waals surface area contributed by atoms with E-state index >= 15 is 0 Å². The fourth-order valence-electron chi connectivity index (χ4n) is 2.35. The van der Waals surface area contributed by atoms with Crippen molar-refractivity contribution in [1.29, 1.82) is 0 Å². The number of halogens is 2. The molecule has 0 spiro atoms. The first kappa shape index (κ1) is 13.0. The molecule has 0 saturated heterocycles. The third-order valence-electron chi connectivity index (χ3n) is 3.31. The summed E-state index contributed by atoms with van der Waals surface area (Å²) >= 11 is 13.5. The zero-order valence-electron chi connectivity index (χ0n) is 9.77. The minimum Gasteiger partial charge on any atom is -0.481 e. The minimum atomic E-state index is -0.774. The fraction of sp³-hybridized carbons (Fsp3) is 0.333. The second kappa shape index (κ2) is 4.81. The average molecular weight is 317 g/mol. The zero-order chi connectivity index (χ0) is 13.6. The Hall–Kier alpha value is -1.04. The van der Waals surface area contributed by atoms with Gasteiger partial charge in [-0.05, 0) is 18.6 Å². The number of nitrogens with zero attached hydrogens (tertiary/aromatic N) is 2. The number of thiophene rings is 1. The number of fused-ring (bicyclic) bond motifs is 1. The molecule has 0 fully saturated rings. The Morgan fingerprint density at radius 2 is 2.26 bits per heavy atom. The van der Waals surface area contributed by atoms with E-state index in [-0.39, 0.29) is 5.92 Å². The molecule has 0 aromatic carbocycles. The predicted octanol–water partition coefficient (Wildman–Crippen LogP) is 3.57. The van der Waals surface area contributed by atoms with Crippen LogP contribution in [0.25, 0.3) is 10.7 Å². The van der Waals surface area contributed by atoms with Crippen LogP contribution >= 0.6 is 34.5 Å². The Kier molecular flexibility index (Phi) is 3.28. The maximum atomic E-state index is 11.1. The molecule has 0 saturated carbocycles. The van der Waals surface area contributed by atoms with Gasteiger partial charge >= 0.3 is 5.97 Å². The summed E-state index contributed by atoms with van der Waals surface area (Å²) in [6, 6.07) is 3.72. The topological polar surface area (TPSA) is 55.1 Å². The number of hydrogen-bond acceptors (Lipinski definition) is 3. The summed E-state index contributed by atoms with van der Waals surface area (Å²) in [5, 5.41) is 9.49. The average Bonchev–Trinajstić information content (AvgIpc) is 2.94. The Morgan fingerprint density at radius 3 is 2.89 bits per heavy atom. The standard InChI is InChI=1S/C12H10Cl2N2O2S/c13-9-2-1-8(19-9)11-15-10(14)7-5-6(12(17)18)3-4-16(7)11/h1-2,6H,3-5H2,(H,17,18). The lowest BCUT2D eigenvalue weighted by molar-refractivity contribution is -0.142. The van der Waals surface area contributed by atoms with Crippen molar-refractivity contribution in [2.24, 2.45) is 5.92 Å². The lowest BCUT2D eigenvalue weighted by Crippen LogP contribution is -2.25. The largest absolute Gasteiger partial charge is 0.481 e. The first-order valence-electron chi connectivity index (χ1n) is 5.79. The molecule has 1 unspecified atom stereocenters. The van der Waals surface area contributed by atoms with Crippen LogP contribution in [0.2, 0.25) is 9.49 Å². The van der Waals surface area contributed by atoms with Crippen molar-refractivity contribution in [3.8, 4) is 10.7 Å². The summed E-state index contributed by atoms with van der Waals surface area (Å²) in [6.07, 6.45) is 1.03. The van der Waals surface area contributed by atoms with Gasteiger partial charge in [-0.3, -0.25) is 4.79 Å². The number of imidazole rings is 1. The molecule has 2 aromatic heterocycles. The monoisotopic (exact) mass is 316 g/mol. The number of carbonyl (C=O) groups is 1. The fourth-order valence-corrected chi connectivity index (χ4v) is 3.65. The molecule has 1 atom stereocenters. The molecule has 0 aliphatic carbocycles. The number of rotatable bonds is 2. The van der Waals surface area contributed by atoms with Crippen LogP contribution in [0.4, 0.5) is 0 Å². The van der Waals surface area contributed by atoms with Gasteiger partial charge < -0.3 is 9.67 Å². The minimum absolute atomic E-state index is 0.374. The van der Waals surface area contributed by atoms with Gasteiger partial charge in [0.2, 0.25) is 0 Å². The molecule has 19 heavy (non-hydrogen) atoms. The van der Waals surface area contributed by atoms with E-state index in [1.54, 1.807) is 0 Å². The van der Waals surface area contributed by atoms with E-state index in [1.165, 1.54) is 11.3 Å². The van der Waals surface area contributed by atoms with Crippen LogP contribution in [-0.4, -0.2) is 20.6 Å². The van der Waals surface area contributed by atoms with Crippen LogP contribution < -0.4 is 0 Å². The highest BCUT2D eigenvalue weighted by Crippen LogP contribution is 2.36. The van der Waals surface area contributed by atoms with Crippen molar-refractivity contribution < 1.29 is 9.90 Å². The van der Waals surface area contributed by atoms with Gasteiger partial charge in [-0.2, -0.15) is 0 Å². The van der Waals surface area contributed by atoms with Gasteiger partial charge in [0.1, 0.15) is 0 Å². The van der Waals surface area contributed by atoms with Gasteiger partial charge in [0.15, 0.2) is 11.0 Å². The van der Waals surface area contributed by atoms with E-state index < -0.39 is 5.97 Å². The second-order valence-corrected chi connectivity index (χ2v) is 6.53. The Morgan fingerprint density at radius 1 is 1.47 bits per heavy atom. The highest BCUT2D eigenvalue weighted by Gasteiger charge is 2.29. The lowest BCUT2D eigenvalue weighted by Gasteiger charge is -2.21. The first-order valence-corrected chi connectivity index (χ1v) is 7.37. The van der Waals surface area contributed by atoms with Crippen molar-refractivity contribution in [1.82, 2.24) is 9.55 Å². The normalized spacial score (nSPS) is 18.3. The molecule has 0 bridgehead atoms. The van der Waals surface area contributed by atoms with Gasteiger partial charge in [-0.1, -0.05) is 23.2 Å². The number of aliphatic carboxylic acids is 1. The summed E-state index contributed by atoms with van der Waals surface area (Å²) in [5.41, 5.74) is 0.805. The Labute approximate surface area is 123 Å². The highest BCUT2D eigenvalue weighted by molar-refractivity contribution is 7.19. The molecule has 3 heterocycles. The summed E-state index contributed by atoms with van der Waals surface area (Å²) in [5.74, 6) is -0.369. The van der Waals surface area contributed by atoms with E-state index in [4.69, 9.17) is 28.3 Å². The predicted molar refractivity (Wildman–Crippen MR) is 75.0 cm³/mol. The smallest absolute Gasteiger partial charge is 0.306 e. The Balaban J connectivity index is 2.03. The summed E-state index contributed by atoms with van der Waals surface area (Å²) in [6.45, 7) is 0.622. The molecular weight excluding hydrogens is 307 g/mol. The van der Waals surface area contributed by atoms with Crippen molar-refractivity contribution >= 4 is 40.5 Å². The SMILES string of the molecule is O=C(O)C1CCn2c(-c3ccc(Cl)s3)nc(Cl)c2C1. The molecular formula is C12H10Cl2N2O2S. The lowest BCUT2D eigenvalue weighted by atomic mass is 9.96. The number of carboxylic acids is 1. The molecule has 3 rings (SSSR count). The van der Waals surface area contributed by atoms with Gasteiger partial charge in [-0.25, -0.2) is 4.98 Å². The number of aromatic nitrogens is 2. The third-order valence-corrected chi connectivity index (χ3v) is 4.84.